The van der Waals surface area contributed by atoms with Crippen molar-refractivity contribution in [3.63, 3.8) is 0 Å². The Bertz CT molecular complexity index is 321. The summed E-state index contributed by atoms with van der Waals surface area (Å²) in [4.78, 5) is 0. The molecule has 0 radical (unpaired) electrons. The molecule has 1 aromatic rings. The zero-order chi connectivity index (χ0) is 10.5. The third kappa shape index (κ3) is 21.0. The van der Waals surface area contributed by atoms with Crippen LogP contribution in [0, 0.1) is 0 Å². The molecule has 0 saturated carbocycles. The van der Waals surface area contributed by atoms with Gasteiger partial charge in [0.15, 0.2) is 0 Å². The van der Waals surface area contributed by atoms with Crippen molar-refractivity contribution in [2.75, 3.05) is 0 Å². The Morgan fingerprint density at radius 3 is 1.27 bits per heavy atom. The van der Waals surface area contributed by atoms with Crippen molar-refractivity contribution in [1.82, 2.24) is 0 Å². The summed E-state index contributed by atoms with van der Waals surface area (Å²) in [5.74, 6) is 0.339. The van der Waals surface area contributed by atoms with Crippen LogP contribution in [0.3, 0.4) is 0 Å². The van der Waals surface area contributed by atoms with Gasteiger partial charge in [-0.2, -0.15) is 0 Å². The van der Waals surface area contributed by atoms with E-state index in [-0.39, 0.29) is 70.6 Å². The van der Waals surface area contributed by atoms with Crippen LogP contribution >= 0.6 is 0 Å². The number of rotatable bonds is 0. The maximum absolute atomic E-state index is 8.89. The SMILES string of the molecule is O=S([O-])([O-])=S.Oc1ccc(O)cc1.[Na+].[Na+]. The monoisotopic (exact) mass is 268 g/mol. The van der Waals surface area contributed by atoms with E-state index in [2.05, 4.69) is 11.2 Å². The molecule has 0 aromatic heterocycles. The molecule has 0 unspecified atom stereocenters. The van der Waals surface area contributed by atoms with Crippen molar-refractivity contribution in [2.45, 2.75) is 0 Å². The van der Waals surface area contributed by atoms with Gasteiger partial charge in [0.2, 0.25) is 0 Å². The first kappa shape index (κ1) is 21.4. The first-order valence-corrected chi connectivity index (χ1v) is 5.27. The summed E-state index contributed by atoms with van der Waals surface area (Å²) in [6.07, 6.45) is 0. The van der Waals surface area contributed by atoms with E-state index in [0.29, 0.717) is 0 Å². The molecule has 0 fully saturated rings. The maximum Gasteiger partial charge on any atom is 1.00 e. The first-order valence-electron chi connectivity index (χ1n) is 2.94. The largest absolute Gasteiger partial charge is 1.00 e. The molecule has 0 aliphatic carbocycles. The predicted octanol–water partition coefficient (Wildman–Crippen LogP) is -5.90. The van der Waals surface area contributed by atoms with Crippen LogP contribution < -0.4 is 59.1 Å². The van der Waals surface area contributed by atoms with E-state index in [4.69, 9.17) is 23.5 Å². The Labute approximate surface area is 137 Å². The number of phenolic OH excluding ortho intramolecular Hbond substituents is 2. The summed E-state index contributed by atoms with van der Waals surface area (Å²) in [6, 6.07) is 5.70. The van der Waals surface area contributed by atoms with Crippen molar-refractivity contribution in [2.24, 2.45) is 0 Å². The summed E-state index contributed by atoms with van der Waals surface area (Å²) < 4.78 is 26.7. The standard InChI is InChI=1S/C6H6O2.2Na.H2O3S2/c7-5-1-2-6(8)4-3-5;;;1-5(2,3)4/h1-4,7-8H;;;(H2,1,2,3,4)/q;2*+1;/p-2. The van der Waals surface area contributed by atoms with Crippen molar-refractivity contribution in [3.8, 4) is 11.5 Å². The van der Waals surface area contributed by atoms with Crippen LogP contribution in [0.4, 0.5) is 0 Å². The minimum Gasteiger partial charge on any atom is -0.780 e. The van der Waals surface area contributed by atoms with Crippen molar-refractivity contribution in [1.29, 1.82) is 0 Å². The van der Waals surface area contributed by atoms with Crippen LogP contribution in [0.15, 0.2) is 24.3 Å². The smallest absolute Gasteiger partial charge is 0.780 e. The van der Waals surface area contributed by atoms with Gasteiger partial charge in [0.1, 0.15) is 11.5 Å². The molecule has 15 heavy (non-hydrogen) atoms. The fraction of sp³-hybridized carbons (Fsp3) is 0. The van der Waals surface area contributed by atoms with Gasteiger partial charge < -0.3 is 19.3 Å². The third-order valence-electron chi connectivity index (χ3n) is 0.850. The average molecular weight is 268 g/mol. The van der Waals surface area contributed by atoms with E-state index in [1.165, 1.54) is 24.3 Å². The molecule has 0 bridgehead atoms. The van der Waals surface area contributed by atoms with Crippen molar-refractivity contribution < 1.29 is 82.6 Å². The zero-order valence-electron chi connectivity index (χ0n) is 8.25. The molecule has 0 spiro atoms. The van der Waals surface area contributed by atoms with Gasteiger partial charge in [0.25, 0.3) is 0 Å². The number of hydrogen-bond donors (Lipinski definition) is 2. The van der Waals surface area contributed by atoms with E-state index < -0.39 is 9.05 Å². The second-order valence-electron chi connectivity index (χ2n) is 1.92. The van der Waals surface area contributed by atoms with E-state index >= 15 is 0 Å². The molecule has 0 aliphatic heterocycles. The van der Waals surface area contributed by atoms with E-state index in [1.54, 1.807) is 0 Å². The first-order chi connectivity index (χ1) is 5.79. The number of hydrogen-bond acceptors (Lipinski definition) is 6. The molecular weight excluding hydrogens is 262 g/mol. The zero-order valence-corrected chi connectivity index (χ0v) is 13.9. The Morgan fingerprint density at radius 2 is 1.13 bits per heavy atom. The molecule has 0 saturated heterocycles. The second kappa shape index (κ2) is 10.3. The molecule has 9 heteroatoms. The van der Waals surface area contributed by atoms with Crippen LogP contribution in [0.5, 0.6) is 11.5 Å². The van der Waals surface area contributed by atoms with E-state index in [1.807, 2.05) is 0 Å². The minimum atomic E-state index is -4.33. The molecule has 1 aromatic carbocycles. The molecule has 0 heterocycles. The summed E-state index contributed by atoms with van der Waals surface area (Å²) in [6.45, 7) is 0. The topological polar surface area (TPSA) is 104 Å². The number of phenols is 2. The third-order valence-corrected chi connectivity index (χ3v) is 0.850. The maximum atomic E-state index is 8.89. The summed E-state index contributed by atoms with van der Waals surface area (Å²) in [5.41, 5.74) is 0. The summed E-state index contributed by atoms with van der Waals surface area (Å²) >= 11 is 3.24. The minimum absolute atomic E-state index is 0. The van der Waals surface area contributed by atoms with Gasteiger partial charge in [-0.05, 0) is 35.5 Å². The fourth-order valence-corrected chi connectivity index (χ4v) is 0.453. The van der Waals surface area contributed by atoms with Gasteiger partial charge in [-0.15, -0.1) is 9.05 Å². The van der Waals surface area contributed by atoms with Gasteiger partial charge in [-0.25, -0.2) is 0 Å². The Hall–Kier alpha value is 1.11. The van der Waals surface area contributed by atoms with Crippen LogP contribution in [0.2, 0.25) is 0 Å². The Morgan fingerprint density at radius 1 is 1.00 bits per heavy atom. The van der Waals surface area contributed by atoms with Gasteiger partial charge in [0, 0.05) is 0 Å². The molecular formula is C6H6Na2O5S2. The average Bonchev–Trinajstić information content (AvgIpc) is 1.92. The second-order valence-corrected chi connectivity index (χ2v) is 3.97. The summed E-state index contributed by atoms with van der Waals surface area (Å²) in [5, 5.41) is 17.3. The van der Waals surface area contributed by atoms with Crippen LogP contribution in [0.25, 0.3) is 0 Å². The van der Waals surface area contributed by atoms with Gasteiger partial charge in [0.05, 0.1) is 0 Å². The molecule has 2 N–H and O–H groups in total. The Balaban J connectivity index is -0.000000185. The van der Waals surface area contributed by atoms with Gasteiger partial charge in [-0.1, -0.05) is 0 Å². The predicted molar refractivity (Wildman–Crippen MR) is 46.8 cm³/mol. The number of aromatic hydroxyl groups is 2. The van der Waals surface area contributed by atoms with Gasteiger partial charge in [-0.3, -0.25) is 4.21 Å². The van der Waals surface area contributed by atoms with Crippen molar-refractivity contribution in [3.05, 3.63) is 24.3 Å². The normalized spacial score (nSPS) is 8.67. The number of benzene rings is 1. The van der Waals surface area contributed by atoms with E-state index in [0.717, 1.165) is 0 Å². The molecule has 1 rings (SSSR count). The van der Waals surface area contributed by atoms with E-state index in [9.17, 15) is 0 Å². The van der Waals surface area contributed by atoms with Gasteiger partial charge >= 0.3 is 59.1 Å². The molecule has 74 valence electrons. The van der Waals surface area contributed by atoms with Crippen LogP contribution in [0.1, 0.15) is 0 Å². The molecule has 5 nitrogen and oxygen atoms in total. The summed E-state index contributed by atoms with van der Waals surface area (Å²) in [7, 11) is -4.33. The van der Waals surface area contributed by atoms with Crippen molar-refractivity contribution >= 4 is 20.2 Å². The Kier molecular flexibility index (Phi) is 14.7. The van der Waals surface area contributed by atoms with Crippen LogP contribution in [-0.2, 0) is 20.2 Å². The fourth-order valence-electron chi connectivity index (χ4n) is 0.453. The molecule has 0 aliphatic rings. The molecule has 0 amide bonds. The quantitative estimate of drug-likeness (QED) is 0.359. The van der Waals surface area contributed by atoms with Crippen LogP contribution in [-0.4, -0.2) is 23.5 Å². The molecule has 0 atom stereocenters.